The number of rotatable bonds is 6. The fraction of sp³-hybridized carbons (Fsp3) is 0.286. The van der Waals surface area contributed by atoms with Gasteiger partial charge in [0.25, 0.3) is 5.91 Å². The van der Waals surface area contributed by atoms with E-state index in [2.05, 4.69) is 27.6 Å². The molecular formula is C21H22N4O2. The van der Waals surface area contributed by atoms with Gasteiger partial charge in [-0.25, -0.2) is 0 Å². The molecule has 0 bridgehead atoms. The number of hydrogen-bond acceptors (Lipinski definition) is 4. The standard InChI is InChI=1S/C21H22N4O2/c26-21(17-8-4-9-18(12-17)25-14-22-23-15-25)24-19-10-5-11-20(19)27-13-16-6-2-1-3-7-16/h1-4,6-9,12,14-15,19-20H,5,10-11,13H2,(H,24,26)/t19-,20-/m1/s1. The summed E-state index contributed by atoms with van der Waals surface area (Å²) in [6.45, 7) is 0.570. The van der Waals surface area contributed by atoms with Crippen LogP contribution >= 0.6 is 0 Å². The van der Waals surface area contributed by atoms with Crippen molar-refractivity contribution in [2.45, 2.75) is 38.0 Å². The summed E-state index contributed by atoms with van der Waals surface area (Å²) in [5, 5.41) is 10.8. The van der Waals surface area contributed by atoms with Crippen molar-refractivity contribution in [3.8, 4) is 5.69 Å². The first-order valence-electron chi connectivity index (χ1n) is 9.21. The molecular weight excluding hydrogens is 340 g/mol. The Morgan fingerprint density at radius 1 is 1.07 bits per heavy atom. The molecule has 2 aromatic carbocycles. The predicted molar refractivity (Wildman–Crippen MR) is 101 cm³/mol. The predicted octanol–water partition coefficient (Wildman–Crippen LogP) is 3.14. The van der Waals surface area contributed by atoms with Crippen LogP contribution in [0.3, 0.4) is 0 Å². The highest BCUT2D eigenvalue weighted by Gasteiger charge is 2.29. The van der Waals surface area contributed by atoms with E-state index >= 15 is 0 Å². The Morgan fingerprint density at radius 2 is 1.89 bits per heavy atom. The first kappa shape index (κ1) is 17.4. The number of hydrogen-bond donors (Lipinski definition) is 1. The van der Waals surface area contributed by atoms with Crippen molar-refractivity contribution in [1.82, 2.24) is 20.1 Å². The van der Waals surface area contributed by atoms with E-state index in [0.717, 1.165) is 30.5 Å². The molecule has 4 rings (SSSR count). The average molecular weight is 362 g/mol. The van der Waals surface area contributed by atoms with Crippen LogP contribution in [0.1, 0.15) is 35.2 Å². The molecule has 0 unspecified atom stereocenters. The van der Waals surface area contributed by atoms with Crippen molar-refractivity contribution >= 4 is 5.91 Å². The SMILES string of the molecule is O=C(N[C@@H]1CCC[C@H]1OCc1ccccc1)c1cccc(-n2cnnc2)c1. The summed E-state index contributed by atoms with van der Waals surface area (Å²) in [5.74, 6) is -0.0786. The molecule has 0 radical (unpaired) electrons. The number of benzene rings is 2. The molecule has 0 spiro atoms. The van der Waals surface area contributed by atoms with E-state index in [1.807, 2.05) is 42.5 Å². The Hall–Kier alpha value is -2.99. The normalized spacial score (nSPS) is 19.1. The van der Waals surface area contributed by atoms with Crippen LogP contribution in [0, 0.1) is 0 Å². The maximum Gasteiger partial charge on any atom is 0.251 e. The van der Waals surface area contributed by atoms with E-state index in [-0.39, 0.29) is 18.1 Å². The lowest BCUT2D eigenvalue weighted by Gasteiger charge is -2.22. The zero-order valence-electron chi connectivity index (χ0n) is 15.0. The molecule has 1 heterocycles. The van der Waals surface area contributed by atoms with E-state index < -0.39 is 0 Å². The van der Waals surface area contributed by atoms with Crippen molar-refractivity contribution in [3.05, 3.63) is 78.4 Å². The summed E-state index contributed by atoms with van der Waals surface area (Å²) in [5.41, 5.74) is 2.63. The van der Waals surface area contributed by atoms with Crippen molar-refractivity contribution in [2.24, 2.45) is 0 Å². The second-order valence-electron chi connectivity index (χ2n) is 6.77. The Bertz CT molecular complexity index is 880. The van der Waals surface area contributed by atoms with Gasteiger partial charge < -0.3 is 10.1 Å². The molecule has 1 amide bonds. The maximum atomic E-state index is 12.7. The highest BCUT2D eigenvalue weighted by atomic mass is 16.5. The summed E-state index contributed by atoms with van der Waals surface area (Å²) in [6.07, 6.45) is 6.25. The monoisotopic (exact) mass is 362 g/mol. The van der Waals surface area contributed by atoms with Crippen LogP contribution in [0.4, 0.5) is 0 Å². The lowest BCUT2D eigenvalue weighted by atomic mass is 10.1. The van der Waals surface area contributed by atoms with Gasteiger partial charge >= 0.3 is 0 Å². The third-order valence-corrected chi connectivity index (χ3v) is 4.90. The largest absolute Gasteiger partial charge is 0.371 e. The first-order valence-corrected chi connectivity index (χ1v) is 9.21. The highest BCUT2D eigenvalue weighted by Crippen LogP contribution is 2.24. The highest BCUT2D eigenvalue weighted by molar-refractivity contribution is 5.95. The van der Waals surface area contributed by atoms with Gasteiger partial charge in [0.05, 0.1) is 18.8 Å². The lowest BCUT2D eigenvalue weighted by molar-refractivity contribution is 0.0272. The molecule has 138 valence electrons. The molecule has 2 atom stereocenters. The fourth-order valence-electron chi connectivity index (χ4n) is 3.46. The van der Waals surface area contributed by atoms with Gasteiger partial charge in [-0.15, -0.1) is 10.2 Å². The van der Waals surface area contributed by atoms with Crippen molar-refractivity contribution in [3.63, 3.8) is 0 Å². The van der Waals surface area contributed by atoms with E-state index in [4.69, 9.17) is 4.74 Å². The Kier molecular flexibility index (Phi) is 5.25. The number of ether oxygens (including phenoxy) is 1. The summed E-state index contributed by atoms with van der Waals surface area (Å²) < 4.78 is 7.86. The van der Waals surface area contributed by atoms with Gasteiger partial charge in [-0.3, -0.25) is 9.36 Å². The zero-order chi connectivity index (χ0) is 18.5. The molecule has 6 heteroatoms. The van der Waals surface area contributed by atoms with Gasteiger partial charge in [-0.2, -0.15) is 0 Å². The van der Waals surface area contributed by atoms with Crippen LogP contribution in [-0.4, -0.2) is 32.8 Å². The van der Waals surface area contributed by atoms with Gasteiger partial charge in [0.15, 0.2) is 0 Å². The Labute approximate surface area is 158 Å². The summed E-state index contributed by atoms with van der Waals surface area (Å²) in [4.78, 5) is 12.7. The second-order valence-corrected chi connectivity index (χ2v) is 6.77. The Morgan fingerprint density at radius 3 is 2.70 bits per heavy atom. The van der Waals surface area contributed by atoms with Crippen LogP contribution in [0.2, 0.25) is 0 Å². The minimum atomic E-state index is -0.0786. The maximum absolute atomic E-state index is 12.7. The molecule has 1 aliphatic rings. The molecule has 6 nitrogen and oxygen atoms in total. The molecule has 0 aliphatic heterocycles. The molecule has 27 heavy (non-hydrogen) atoms. The van der Waals surface area contributed by atoms with Crippen molar-refractivity contribution in [1.29, 1.82) is 0 Å². The number of nitrogens with zero attached hydrogens (tertiary/aromatic N) is 3. The van der Waals surface area contributed by atoms with Crippen LogP contribution in [0.25, 0.3) is 5.69 Å². The van der Waals surface area contributed by atoms with E-state index in [1.54, 1.807) is 17.2 Å². The number of carbonyl (C=O) groups is 1. The summed E-state index contributed by atoms with van der Waals surface area (Å²) >= 11 is 0. The van der Waals surface area contributed by atoms with Gasteiger partial charge in [0, 0.05) is 11.3 Å². The molecule has 0 saturated heterocycles. The van der Waals surface area contributed by atoms with Gasteiger partial charge in [-0.1, -0.05) is 36.4 Å². The fourth-order valence-corrected chi connectivity index (χ4v) is 3.46. The van der Waals surface area contributed by atoms with Crippen LogP contribution in [0.15, 0.2) is 67.3 Å². The lowest BCUT2D eigenvalue weighted by Crippen LogP contribution is -2.41. The molecule has 1 fully saturated rings. The van der Waals surface area contributed by atoms with Crippen LogP contribution in [0.5, 0.6) is 0 Å². The van der Waals surface area contributed by atoms with Crippen molar-refractivity contribution < 1.29 is 9.53 Å². The Balaban J connectivity index is 1.39. The first-order chi connectivity index (χ1) is 13.3. The van der Waals surface area contributed by atoms with Crippen LogP contribution in [-0.2, 0) is 11.3 Å². The number of aromatic nitrogens is 3. The third kappa shape index (κ3) is 4.23. The number of carbonyl (C=O) groups excluding carboxylic acids is 1. The van der Waals surface area contributed by atoms with Crippen LogP contribution < -0.4 is 5.32 Å². The quantitative estimate of drug-likeness (QED) is 0.731. The topological polar surface area (TPSA) is 69.0 Å². The smallest absolute Gasteiger partial charge is 0.251 e. The van der Waals surface area contributed by atoms with Crippen molar-refractivity contribution in [2.75, 3.05) is 0 Å². The summed E-state index contributed by atoms with van der Waals surface area (Å²) in [6, 6.07) is 17.6. The number of amides is 1. The van der Waals surface area contributed by atoms with E-state index in [1.165, 1.54) is 0 Å². The minimum Gasteiger partial charge on any atom is -0.371 e. The van der Waals surface area contributed by atoms with Gasteiger partial charge in [0.1, 0.15) is 12.7 Å². The summed E-state index contributed by atoms with van der Waals surface area (Å²) in [7, 11) is 0. The number of nitrogens with one attached hydrogen (secondary N) is 1. The molecule has 1 aromatic heterocycles. The average Bonchev–Trinajstić information content (AvgIpc) is 3.39. The molecule has 1 saturated carbocycles. The van der Waals surface area contributed by atoms with Gasteiger partial charge in [0.2, 0.25) is 0 Å². The van der Waals surface area contributed by atoms with E-state index in [0.29, 0.717) is 12.2 Å². The minimum absolute atomic E-state index is 0.0415. The van der Waals surface area contributed by atoms with E-state index in [9.17, 15) is 4.79 Å². The van der Waals surface area contributed by atoms with Gasteiger partial charge in [-0.05, 0) is 43.0 Å². The third-order valence-electron chi connectivity index (χ3n) is 4.90. The molecule has 1 N–H and O–H groups in total. The second kappa shape index (κ2) is 8.14. The molecule has 1 aliphatic carbocycles. The zero-order valence-corrected chi connectivity index (χ0v) is 15.0. The molecule has 3 aromatic rings.